The summed E-state index contributed by atoms with van der Waals surface area (Å²) in [6, 6.07) is 0. The summed E-state index contributed by atoms with van der Waals surface area (Å²) in [6.45, 7) is 6.54. The minimum absolute atomic E-state index is 0.0810. The lowest BCUT2D eigenvalue weighted by Gasteiger charge is -2.18. The molecule has 0 rings (SSSR count). The summed E-state index contributed by atoms with van der Waals surface area (Å²) in [5.41, 5.74) is 0. The molecule has 0 aliphatic rings. The molecule has 0 radical (unpaired) electrons. The maximum atomic E-state index is 12.9. The van der Waals surface area contributed by atoms with E-state index < -0.39 is 6.10 Å². The predicted molar refractivity (Wildman–Crippen MR) is 339 cm³/mol. The highest BCUT2D eigenvalue weighted by molar-refractivity contribution is 5.71. The number of carbonyl (C=O) groups excluding carboxylic acids is 3. The van der Waals surface area contributed by atoms with Gasteiger partial charge < -0.3 is 14.2 Å². The molecule has 0 aliphatic heterocycles. The van der Waals surface area contributed by atoms with Gasteiger partial charge in [0.2, 0.25) is 0 Å². The van der Waals surface area contributed by atoms with Crippen molar-refractivity contribution < 1.29 is 28.6 Å². The van der Waals surface area contributed by atoms with Crippen LogP contribution in [0.4, 0.5) is 0 Å². The van der Waals surface area contributed by atoms with Gasteiger partial charge in [0.15, 0.2) is 6.10 Å². The number of hydrogen-bond donors (Lipinski definition) is 0. The first-order valence-corrected chi connectivity index (χ1v) is 33.2. The molecule has 78 heavy (non-hydrogen) atoms. The van der Waals surface area contributed by atoms with Gasteiger partial charge in [-0.3, -0.25) is 14.4 Å². The van der Waals surface area contributed by atoms with E-state index >= 15 is 0 Å². The van der Waals surface area contributed by atoms with Crippen molar-refractivity contribution >= 4 is 17.9 Å². The molecule has 6 heteroatoms. The molecule has 1 unspecified atom stereocenters. The number of allylic oxidation sites excluding steroid dienone is 16. The van der Waals surface area contributed by atoms with Gasteiger partial charge in [0.1, 0.15) is 13.2 Å². The van der Waals surface area contributed by atoms with E-state index in [4.69, 9.17) is 14.2 Å². The monoisotopic (exact) mass is 1080 g/mol. The Morgan fingerprint density at radius 1 is 0.269 bits per heavy atom. The first-order chi connectivity index (χ1) is 38.5. The molecule has 0 saturated carbocycles. The number of carbonyl (C=O) groups is 3. The molecule has 0 spiro atoms. The van der Waals surface area contributed by atoms with E-state index in [2.05, 4.69) is 118 Å². The van der Waals surface area contributed by atoms with E-state index in [0.29, 0.717) is 19.3 Å². The molecule has 0 saturated heterocycles. The highest BCUT2D eigenvalue weighted by Crippen LogP contribution is 2.16. The zero-order chi connectivity index (χ0) is 56.4. The Morgan fingerprint density at radius 3 is 0.795 bits per heavy atom. The predicted octanol–water partition coefficient (Wildman–Crippen LogP) is 22.8. The second-order valence-electron chi connectivity index (χ2n) is 22.0. The number of esters is 3. The van der Waals surface area contributed by atoms with Gasteiger partial charge in [0.25, 0.3) is 0 Å². The van der Waals surface area contributed by atoms with Crippen LogP contribution in [-0.2, 0) is 28.6 Å². The molecular weight excluding hydrogens is 961 g/mol. The van der Waals surface area contributed by atoms with Crippen LogP contribution >= 0.6 is 0 Å². The van der Waals surface area contributed by atoms with Crippen LogP contribution in [0, 0.1) is 0 Å². The van der Waals surface area contributed by atoms with E-state index in [9.17, 15) is 14.4 Å². The lowest BCUT2D eigenvalue weighted by molar-refractivity contribution is -0.167. The van der Waals surface area contributed by atoms with Gasteiger partial charge in [-0.2, -0.15) is 0 Å². The molecule has 0 heterocycles. The van der Waals surface area contributed by atoms with Crippen LogP contribution in [-0.4, -0.2) is 37.2 Å². The van der Waals surface area contributed by atoms with E-state index in [1.54, 1.807) is 0 Å². The third-order valence-corrected chi connectivity index (χ3v) is 14.3. The first kappa shape index (κ1) is 74.3. The molecule has 6 nitrogen and oxygen atoms in total. The smallest absolute Gasteiger partial charge is 0.306 e. The van der Waals surface area contributed by atoms with Gasteiger partial charge in [-0.1, -0.05) is 298 Å². The minimum atomic E-state index is -0.786. The summed E-state index contributed by atoms with van der Waals surface area (Å²) in [5, 5.41) is 0. The standard InChI is InChI=1S/C72H124O6/c1-4-7-10-13-16-19-22-25-28-30-31-32-33-34-35-36-37-38-39-40-41-42-45-47-50-53-56-59-62-65-71(74)77-68-69(67-76-70(73)64-61-58-55-52-49-46-43-27-24-21-18-15-12-9-6-3)78-72(75)66-63-60-57-54-51-48-44-29-26-23-20-17-14-11-8-5-2/h7,10,16,19,25,28-29,31-32,34-35,37-38,40-41,44,69H,4-6,8-9,11-15,17-18,20-24,26-27,30,33,36,39,42-43,45-68H2,1-3H3/b10-7-,19-16-,28-25-,32-31-,35-34-,38-37-,41-40-,44-29-. The van der Waals surface area contributed by atoms with Crippen molar-refractivity contribution in [3.05, 3.63) is 97.2 Å². The number of hydrogen-bond acceptors (Lipinski definition) is 6. The number of ether oxygens (including phenoxy) is 3. The molecule has 0 aromatic rings. The van der Waals surface area contributed by atoms with E-state index in [1.807, 2.05) is 0 Å². The van der Waals surface area contributed by atoms with Gasteiger partial charge in [-0.05, 0) is 103 Å². The van der Waals surface area contributed by atoms with Crippen molar-refractivity contribution in [2.24, 2.45) is 0 Å². The Balaban J connectivity index is 4.33. The summed E-state index contributed by atoms with van der Waals surface area (Å²) in [4.78, 5) is 38.3. The maximum Gasteiger partial charge on any atom is 0.306 e. The van der Waals surface area contributed by atoms with Crippen LogP contribution in [0.5, 0.6) is 0 Å². The third-order valence-electron chi connectivity index (χ3n) is 14.3. The van der Waals surface area contributed by atoms with Crippen LogP contribution in [0.1, 0.15) is 323 Å². The molecule has 0 fully saturated rings. The molecule has 0 N–H and O–H groups in total. The Labute approximate surface area is 483 Å². The van der Waals surface area contributed by atoms with Gasteiger partial charge >= 0.3 is 17.9 Å². The Bertz CT molecular complexity index is 1530. The van der Waals surface area contributed by atoms with E-state index in [1.165, 1.54) is 161 Å². The van der Waals surface area contributed by atoms with Crippen molar-refractivity contribution in [2.75, 3.05) is 13.2 Å². The minimum Gasteiger partial charge on any atom is -0.462 e. The fourth-order valence-corrected chi connectivity index (χ4v) is 9.36. The zero-order valence-electron chi connectivity index (χ0n) is 51.4. The first-order valence-electron chi connectivity index (χ1n) is 33.2. The molecule has 448 valence electrons. The molecule has 0 amide bonds. The SMILES string of the molecule is CC/C=C\C/C=C\C/C=C\C/C=C\C/C=C\C/C=C\C/C=C\CCCCCCCCCC(=O)OCC(COC(=O)CCCCCCCCCCCCCCCCC)OC(=O)CCCCCCC/C=C\CCCCCCCCC. The number of unbranched alkanes of at least 4 members (excludes halogenated alkanes) is 33. The second-order valence-corrected chi connectivity index (χ2v) is 22.0. The van der Waals surface area contributed by atoms with E-state index in [-0.39, 0.29) is 31.1 Å². The Kier molecular flexibility index (Phi) is 62.7. The normalized spacial score (nSPS) is 12.7. The second kappa shape index (κ2) is 65.8. The molecule has 0 aromatic heterocycles. The molecule has 0 bridgehead atoms. The van der Waals surface area contributed by atoms with Gasteiger partial charge in [0.05, 0.1) is 0 Å². The summed E-state index contributed by atoms with van der Waals surface area (Å²) in [7, 11) is 0. The van der Waals surface area contributed by atoms with Crippen LogP contribution in [0.2, 0.25) is 0 Å². The summed E-state index contributed by atoms with van der Waals surface area (Å²) < 4.78 is 16.9. The largest absolute Gasteiger partial charge is 0.462 e. The molecule has 0 aromatic carbocycles. The van der Waals surface area contributed by atoms with Crippen LogP contribution in [0.25, 0.3) is 0 Å². The highest BCUT2D eigenvalue weighted by atomic mass is 16.6. The van der Waals surface area contributed by atoms with Crippen molar-refractivity contribution in [1.82, 2.24) is 0 Å². The lowest BCUT2D eigenvalue weighted by Crippen LogP contribution is -2.30. The zero-order valence-corrected chi connectivity index (χ0v) is 51.4. The average molecular weight is 1090 g/mol. The third kappa shape index (κ3) is 63.2. The van der Waals surface area contributed by atoms with Crippen molar-refractivity contribution in [3.8, 4) is 0 Å². The van der Waals surface area contributed by atoms with Crippen molar-refractivity contribution in [1.29, 1.82) is 0 Å². The summed E-state index contributed by atoms with van der Waals surface area (Å²) in [5.74, 6) is -0.888. The van der Waals surface area contributed by atoms with Crippen LogP contribution in [0.3, 0.4) is 0 Å². The van der Waals surface area contributed by atoms with Crippen LogP contribution in [0.15, 0.2) is 97.2 Å². The van der Waals surface area contributed by atoms with Crippen molar-refractivity contribution in [3.63, 3.8) is 0 Å². The quantitative estimate of drug-likeness (QED) is 0.0261. The number of rotatable bonds is 60. The van der Waals surface area contributed by atoms with Crippen molar-refractivity contribution in [2.45, 2.75) is 329 Å². The Hall–Kier alpha value is -3.67. The Morgan fingerprint density at radius 2 is 0.500 bits per heavy atom. The molecule has 0 aliphatic carbocycles. The maximum absolute atomic E-state index is 12.9. The van der Waals surface area contributed by atoms with Gasteiger partial charge in [-0.15, -0.1) is 0 Å². The highest BCUT2D eigenvalue weighted by Gasteiger charge is 2.19. The fraction of sp³-hybridized carbons (Fsp3) is 0.736. The molecular formula is C72H124O6. The topological polar surface area (TPSA) is 78.9 Å². The lowest BCUT2D eigenvalue weighted by atomic mass is 10.0. The van der Waals surface area contributed by atoms with Gasteiger partial charge in [-0.25, -0.2) is 0 Å². The summed E-state index contributed by atoms with van der Waals surface area (Å²) in [6.07, 6.45) is 88.4. The van der Waals surface area contributed by atoms with Gasteiger partial charge in [0, 0.05) is 19.3 Å². The average Bonchev–Trinajstić information content (AvgIpc) is 3.44. The van der Waals surface area contributed by atoms with Crippen LogP contribution < -0.4 is 0 Å². The fourth-order valence-electron chi connectivity index (χ4n) is 9.36. The van der Waals surface area contributed by atoms with E-state index in [0.717, 1.165) is 122 Å². The molecule has 1 atom stereocenters. The summed E-state index contributed by atoms with van der Waals surface area (Å²) >= 11 is 0.